The fourth-order valence-electron chi connectivity index (χ4n) is 3.40. The molecule has 30 heavy (non-hydrogen) atoms. The molecule has 0 bridgehead atoms. The van der Waals surface area contributed by atoms with Crippen LogP contribution in [0.25, 0.3) is 22.6 Å². The van der Waals surface area contributed by atoms with Gasteiger partial charge >= 0.3 is 0 Å². The third kappa shape index (κ3) is 4.66. The third-order valence-electron chi connectivity index (χ3n) is 5.00. The van der Waals surface area contributed by atoms with Crippen molar-refractivity contribution in [3.8, 4) is 22.6 Å². The summed E-state index contributed by atoms with van der Waals surface area (Å²) in [6.45, 7) is 0.593. The van der Waals surface area contributed by atoms with E-state index in [1.54, 1.807) is 4.90 Å². The van der Waals surface area contributed by atoms with E-state index in [4.69, 9.17) is 9.40 Å². The molecule has 0 N–H and O–H groups in total. The van der Waals surface area contributed by atoms with Gasteiger partial charge in [0.15, 0.2) is 11.7 Å². The van der Waals surface area contributed by atoms with Gasteiger partial charge in [0.1, 0.15) is 5.69 Å². The SMILES string of the molecule is CN(Cc1ccccc1)C(=O)CCc1nc(-c2ccccc2)c(-c2ccccc2)o1. The van der Waals surface area contributed by atoms with Crippen molar-refractivity contribution in [2.24, 2.45) is 0 Å². The second kappa shape index (κ2) is 9.23. The normalized spacial score (nSPS) is 10.7. The highest BCUT2D eigenvalue weighted by Crippen LogP contribution is 2.32. The topological polar surface area (TPSA) is 46.3 Å². The van der Waals surface area contributed by atoms with Crippen LogP contribution in [0.5, 0.6) is 0 Å². The van der Waals surface area contributed by atoms with E-state index in [9.17, 15) is 4.79 Å². The van der Waals surface area contributed by atoms with E-state index in [-0.39, 0.29) is 5.91 Å². The number of benzene rings is 3. The summed E-state index contributed by atoms with van der Waals surface area (Å²) in [5.41, 5.74) is 3.89. The summed E-state index contributed by atoms with van der Waals surface area (Å²) in [6, 6.07) is 29.9. The van der Waals surface area contributed by atoms with E-state index in [2.05, 4.69) is 0 Å². The highest BCUT2D eigenvalue weighted by molar-refractivity contribution is 5.78. The van der Waals surface area contributed by atoms with E-state index >= 15 is 0 Å². The Labute approximate surface area is 176 Å². The molecule has 0 saturated carbocycles. The highest BCUT2D eigenvalue weighted by Gasteiger charge is 2.18. The van der Waals surface area contributed by atoms with Crippen LogP contribution in [0.2, 0.25) is 0 Å². The summed E-state index contributed by atoms with van der Waals surface area (Å²) in [6.07, 6.45) is 0.816. The van der Waals surface area contributed by atoms with Gasteiger partial charge in [0.05, 0.1) is 0 Å². The van der Waals surface area contributed by atoms with E-state index < -0.39 is 0 Å². The molecule has 0 atom stereocenters. The number of nitrogens with zero attached hydrogens (tertiary/aromatic N) is 2. The van der Waals surface area contributed by atoms with E-state index in [1.807, 2.05) is 98.0 Å². The fraction of sp³-hybridized carbons (Fsp3) is 0.154. The molecule has 0 aliphatic carbocycles. The zero-order valence-electron chi connectivity index (χ0n) is 17.0. The molecule has 4 nitrogen and oxygen atoms in total. The Kier molecular flexibility index (Phi) is 6.04. The van der Waals surface area contributed by atoms with Crippen LogP contribution in [0.15, 0.2) is 95.4 Å². The van der Waals surface area contributed by atoms with Crippen molar-refractivity contribution in [2.75, 3.05) is 7.05 Å². The Morgan fingerprint density at radius 3 is 2.03 bits per heavy atom. The van der Waals surface area contributed by atoms with Gasteiger partial charge in [-0.2, -0.15) is 0 Å². The van der Waals surface area contributed by atoms with Gasteiger partial charge in [-0.1, -0.05) is 91.0 Å². The Balaban J connectivity index is 1.50. The molecule has 0 aliphatic heterocycles. The largest absolute Gasteiger partial charge is 0.440 e. The van der Waals surface area contributed by atoms with Crippen LogP contribution in [0.4, 0.5) is 0 Å². The first-order valence-electron chi connectivity index (χ1n) is 10.1. The molecule has 150 valence electrons. The molecule has 1 amide bonds. The second-order valence-electron chi connectivity index (χ2n) is 7.25. The van der Waals surface area contributed by atoms with Crippen LogP contribution in [0.3, 0.4) is 0 Å². The Morgan fingerprint density at radius 2 is 1.40 bits per heavy atom. The molecule has 1 heterocycles. The molecule has 0 fully saturated rings. The standard InChI is InChI=1S/C26H24N2O2/c1-28(19-20-11-5-2-6-12-20)24(29)18-17-23-27-25(21-13-7-3-8-14-21)26(30-23)22-15-9-4-10-16-22/h2-16H,17-19H2,1H3. The lowest BCUT2D eigenvalue weighted by atomic mass is 10.1. The first-order chi connectivity index (χ1) is 14.7. The molecular formula is C26H24N2O2. The van der Waals surface area contributed by atoms with Crippen LogP contribution in [0.1, 0.15) is 17.9 Å². The average molecular weight is 396 g/mol. The van der Waals surface area contributed by atoms with Gasteiger partial charge in [0.25, 0.3) is 0 Å². The summed E-state index contributed by atoms with van der Waals surface area (Å²) >= 11 is 0. The molecule has 0 radical (unpaired) electrons. The van der Waals surface area contributed by atoms with Gasteiger partial charge < -0.3 is 9.32 Å². The summed E-state index contributed by atoms with van der Waals surface area (Å²) in [7, 11) is 1.83. The molecule has 4 rings (SSSR count). The number of hydrogen-bond donors (Lipinski definition) is 0. The molecule has 4 aromatic rings. The molecule has 0 saturated heterocycles. The van der Waals surface area contributed by atoms with Crippen LogP contribution >= 0.6 is 0 Å². The number of amides is 1. The minimum absolute atomic E-state index is 0.0691. The maximum Gasteiger partial charge on any atom is 0.223 e. The quantitative estimate of drug-likeness (QED) is 0.408. The summed E-state index contributed by atoms with van der Waals surface area (Å²) in [4.78, 5) is 19.1. The van der Waals surface area contributed by atoms with Gasteiger partial charge in [-0.25, -0.2) is 4.98 Å². The van der Waals surface area contributed by atoms with E-state index in [0.717, 1.165) is 28.1 Å². The van der Waals surface area contributed by atoms with Crippen molar-refractivity contribution >= 4 is 5.91 Å². The van der Waals surface area contributed by atoms with E-state index in [0.29, 0.717) is 25.3 Å². The predicted octanol–water partition coefficient (Wildman–Crippen LogP) is 5.60. The minimum Gasteiger partial charge on any atom is -0.440 e. The molecule has 0 spiro atoms. The number of carbonyl (C=O) groups is 1. The number of carbonyl (C=O) groups excluding carboxylic acids is 1. The minimum atomic E-state index is 0.0691. The molecule has 0 unspecified atom stereocenters. The van der Waals surface area contributed by atoms with Gasteiger partial charge in [-0.3, -0.25) is 4.79 Å². The predicted molar refractivity (Wildman–Crippen MR) is 119 cm³/mol. The van der Waals surface area contributed by atoms with Crippen molar-refractivity contribution in [2.45, 2.75) is 19.4 Å². The molecular weight excluding hydrogens is 372 g/mol. The monoisotopic (exact) mass is 396 g/mol. The van der Waals surface area contributed by atoms with E-state index in [1.165, 1.54) is 0 Å². The summed E-state index contributed by atoms with van der Waals surface area (Å²) in [5.74, 6) is 1.38. The van der Waals surface area contributed by atoms with Crippen LogP contribution in [-0.2, 0) is 17.8 Å². The Hall–Kier alpha value is -3.66. The number of rotatable bonds is 7. The number of hydrogen-bond acceptors (Lipinski definition) is 3. The zero-order valence-corrected chi connectivity index (χ0v) is 17.0. The molecule has 3 aromatic carbocycles. The maximum atomic E-state index is 12.6. The lowest BCUT2D eigenvalue weighted by Crippen LogP contribution is -2.26. The zero-order chi connectivity index (χ0) is 20.8. The van der Waals surface area contributed by atoms with Crippen molar-refractivity contribution in [3.63, 3.8) is 0 Å². The number of aromatic nitrogens is 1. The maximum absolute atomic E-state index is 12.6. The van der Waals surface area contributed by atoms with Crippen molar-refractivity contribution in [3.05, 3.63) is 102 Å². The third-order valence-corrected chi connectivity index (χ3v) is 5.00. The summed E-state index contributed by atoms with van der Waals surface area (Å²) in [5, 5.41) is 0. The van der Waals surface area contributed by atoms with Gasteiger partial charge in [0.2, 0.25) is 5.91 Å². The van der Waals surface area contributed by atoms with Crippen LogP contribution in [0, 0.1) is 0 Å². The van der Waals surface area contributed by atoms with Gasteiger partial charge in [0, 0.05) is 37.6 Å². The van der Waals surface area contributed by atoms with Crippen molar-refractivity contribution in [1.82, 2.24) is 9.88 Å². The molecule has 0 aliphatic rings. The van der Waals surface area contributed by atoms with Crippen molar-refractivity contribution in [1.29, 1.82) is 0 Å². The second-order valence-corrected chi connectivity index (χ2v) is 7.25. The lowest BCUT2D eigenvalue weighted by Gasteiger charge is -2.16. The average Bonchev–Trinajstić information content (AvgIpc) is 3.24. The number of oxazole rings is 1. The summed E-state index contributed by atoms with van der Waals surface area (Å²) < 4.78 is 6.12. The molecule has 1 aromatic heterocycles. The number of aryl methyl sites for hydroxylation is 1. The fourth-order valence-corrected chi connectivity index (χ4v) is 3.40. The smallest absolute Gasteiger partial charge is 0.223 e. The highest BCUT2D eigenvalue weighted by atomic mass is 16.4. The Bertz CT molecular complexity index is 1030. The Morgan fingerprint density at radius 1 is 0.833 bits per heavy atom. The first kappa shape index (κ1) is 19.6. The first-order valence-corrected chi connectivity index (χ1v) is 10.1. The van der Waals surface area contributed by atoms with Crippen molar-refractivity contribution < 1.29 is 9.21 Å². The van der Waals surface area contributed by atoms with Gasteiger partial charge in [-0.05, 0) is 5.56 Å². The lowest BCUT2D eigenvalue weighted by molar-refractivity contribution is -0.130. The van der Waals surface area contributed by atoms with Crippen LogP contribution in [-0.4, -0.2) is 22.8 Å². The van der Waals surface area contributed by atoms with Gasteiger partial charge in [-0.15, -0.1) is 0 Å². The molecule has 4 heteroatoms. The van der Waals surface area contributed by atoms with Crippen LogP contribution < -0.4 is 0 Å².